The minimum Gasteiger partial charge on any atom is -0.464 e. The molecule has 1 rings (SSSR count). The summed E-state index contributed by atoms with van der Waals surface area (Å²) in [7, 11) is 0. The number of ketones is 1. The molecule has 6 heteroatoms. The van der Waals surface area contributed by atoms with Crippen LogP contribution in [0.4, 0.5) is 0 Å². The molecule has 21 heavy (non-hydrogen) atoms. The van der Waals surface area contributed by atoms with E-state index in [-0.39, 0.29) is 18.8 Å². The highest BCUT2D eigenvalue weighted by Crippen LogP contribution is 2.12. The summed E-state index contributed by atoms with van der Waals surface area (Å²) < 4.78 is 4.80. The van der Waals surface area contributed by atoms with E-state index in [4.69, 9.17) is 16.3 Å². The molecule has 0 aliphatic rings. The second-order valence-electron chi connectivity index (χ2n) is 4.48. The fraction of sp³-hybridized carbons (Fsp3) is 0.400. The van der Waals surface area contributed by atoms with Crippen LogP contribution < -0.4 is 5.32 Å². The second-order valence-corrected chi connectivity index (χ2v) is 4.92. The van der Waals surface area contributed by atoms with Crippen molar-refractivity contribution >= 4 is 29.3 Å². The van der Waals surface area contributed by atoms with E-state index < -0.39 is 17.9 Å². The highest BCUT2D eigenvalue weighted by Gasteiger charge is 2.28. The molecule has 1 atom stereocenters. The highest BCUT2D eigenvalue weighted by atomic mass is 35.5. The van der Waals surface area contributed by atoms with E-state index in [0.717, 1.165) is 5.56 Å². The van der Waals surface area contributed by atoms with E-state index in [0.29, 0.717) is 11.4 Å². The number of Topliss-reactive ketones (excluding diaryl/α,β-unsaturated/α-hetero) is 1. The summed E-state index contributed by atoms with van der Waals surface area (Å²) >= 11 is 5.87. The Morgan fingerprint density at radius 3 is 2.62 bits per heavy atom. The fourth-order valence-corrected chi connectivity index (χ4v) is 2.02. The van der Waals surface area contributed by atoms with Crippen LogP contribution in [0, 0.1) is 0 Å². The average molecular weight is 312 g/mol. The van der Waals surface area contributed by atoms with E-state index in [9.17, 15) is 14.4 Å². The molecule has 1 aromatic rings. The summed E-state index contributed by atoms with van der Waals surface area (Å²) in [6.45, 7) is 3.03. The van der Waals surface area contributed by atoms with Crippen molar-refractivity contribution in [2.24, 2.45) is 0 Å². The van der Waals surface area contributed by atoms with Crippen molar-refractivity contribution in [3.8, 4) is 0 Å². The van der Waals surface area contributed by atoms with Crippen LogP contribution in [-0.4, -0.2) is 30.3 Å². The van der Waals surface area contributed by atoms with Gasteiger partial charge in [-0.25, -0.2) is 4.79 Å². The van der Waals surface area contributed by atoms with Crippen LogP contribution in [0.15, 0.2) is 24.3 Å². The Morgan fingerprint density at radius 2 is 2.05 bits per heavy atom. The molecule has 0 radical (unpaired) electrons. The number of carbonyl (C=O) groups excluding carboxylic acids is 3. The third-order valence-corrected chi connectivity index (χ3v) is 2.98. The molecule has 0 bridgehead atoms. The quantitative estimate of drug-likeness (QED) is 0.616. The zero-order chi connectivity index (χ0) is 15.8. The first-order chi connectivity index (χ1) is 9.93. The van der Waals surface area contributed by atoms with E-state index in [1.54, 1.807) is 25.1 Å². The number of ether oxygens (including phenoxy) is 1. The normalized spacial score (nSPS) is 11.6. The van der Waals surface area contributed by atoms with Crippen LogP contribution in [0.25, 0.3) is 0 Å². The number of rotatable bonds is 7. The van der Waals surface area contributed by atoms with Gasteiger partial charge in [0, 0.05) is 18.4 Å². The first-order valence-corrected chi connectivity index (χ1v) is 7.02. The number of hydrogen-bond donors (Lipinski definition) is 1. The number of carbonyl (C=O) groups is 3. The Balaban J connectivity index is 2.67. The van der Waals surface area contributed by atoms with Gasteiger partial charge in [0.05, 0.1) is 6.61 Å². The zero-order valence-corrected chi connectivity index (χ0v) is 12.8. The Morgan fingerprint density at radius 1 is 1.33 bits per heavy atom. The van der Waals surface area contributed by atoms with E-state index >= 15 is 0 Å². The number of hydrogen-bond acceptors (Lipinski definition) is 4. The molecule has 0 saturated carbocycles. The van der Waals surface area contributed by atoms with Crippen molar-refractivity contribution in [3.05, 3.63) is 34.9 Å². The predicted molar refractivity (Wildman–Crippen MR) is 79.0 cm³/mol. The monoisotopic (exact) mass is 311 g/mol. The summed E-state index contributed by atoms with van der Waals surface area (Å²) in [5, 5.41) is 2.91. The number of aryl methyl sites for hydroxylation is 1. The third-order valence-electron chi connectivity index (χ3n) is 2.74. The van der Waals surface area contributed by atoms with E-state index in [1.165, 1.54) is 6.92 Å². The van der Waals surface area contributed by atoms with Crippen molar-refractivity contribution < 1.29 is 19.1 Å². The molecular weight excluding hydrogens is 294 g/mol. The van der Waals surface area contributed by atoms with Crippen LogP contribution in [0.2, 0.25) is 5.02 Å². The van der Waals surface area contributed by atoms with Crippen molar-refractivity contribution in [3.63, 3.8) is 0 Å². The molecular formula is C15H18ClNO4. The van der Waals surface area contributed by atoms with Gasteiger partial charge in [0.25, 0.3) is 0 Å². The maximum atomic E-state index is 12.1. The highest BCUT2D eigenvalue weighted by molar-refractivity contribution is 6.30. The fourth-order valence-electron chi connectivity index (χ4n) is 1.80. The lowest BCUT2D eigenvalue weighted by molar-refractivity contribution is -0.150. The molecule has 1 aromatic carbocycles. The standard InChI is InChI=1S/C15H18ClNO4/c1-3-21-15(20)14(17-10(2)18)13(19)8-7-11-5-4-6-12(16)9-11/h4-6,9,14H,3,7-8H2,1-2H3,(H,17,18). The lowest BCUT2D eigenvalue weighted by Gasteiger charge is -2.15. The van der Waals surface area contributed by atoms with Crippen molar-refractivity contribution in [1.29, 1.82) is 0 Å². The molecule has 114 valence electrons. The average Bonchev–Trinajstić information content (AvgIpc) is 2.42. The maximum Gasteiger partial charge on any atom is 0.336 e. The van der Waals surface area contributed by atoms with Crippen LogP contribution >= 0.6 is 11.6 Å². The van der Waals surface area contributed by atoms with Gasteiger partial charge < -0.3 is 10.1 Å². The van der Waals surface area contributed by atoms with Crippen LogP contribution in [0.3, 0.4) is 0 Å². The molecule has 0 aromatic heterocycles. The lowest BCUT2D eigenvalue weighted by Crippen LogP contribution is -2.46. The van der Waals surface area contributed by atoms with Gasteiger partial charge in [-0.05, 0) is 31.0 Å². The van der Waals surface area contributed by atoms with Gasteiger partial charge in [-0.1, -0.05) is 23.7 Å². The summed E-state index contributed by atoms with van der Waals surface area (Å²) in [4.78, 5) is 34.9. The van der Waals surface area contributed by atoms with Gasteiger partial charge in [0.15, 0.2) is 11.8 Å². The minimum absolute atomic E-state index is 0.115. The van der Waals surface area contributed by atoms with Crippen LogP contribution in [0.5, 0.6) is 0 Å². The Labute approximate surface area is 128 Å². The molecule has 5 nitrogen and oxygen atoms in total. The predicted octanol–water partition coefficient (Wildman–Crippen LogP) is 1.91. The minimum atomic E-state index is -1.25. The molecule has 0 saturated heterocycles. The summed E-state index contributed by atoms with van der Waals surface area (Å²) in [5.41, 5.74) is 0.890. The van der Waals surface area contributed by atoms with E-state index in [2.05, 4.69) is 5.32 Å². The summed E-state index contributed by atoms with van der Waals surface area (Å²) in [5.74, 6) is -1.57. The zero-order valence-electron chi connectivity index (χ0n) is 12.0. The van der Waals surface area contributed by atoms with Gasteiger partial charge in [0.1, 0.15) is 0 Å². The smallest absolute Gasteiger partial charge is 0.336 e. The summed E-state index contributed by atoms with van der Waals surface area (Å²) in [6.07, 6.45) is 0.555. The molecule has 0 aliphatic heterocycles. The lowest BCUT2D eigenvalue weighted by atomic mass is 10.0. The largest absolute Gasteiger partial charge is 0.464 e. The van der Waals surface area contributed by atoms with E-state index in [1.807, 2.05) is 6.07 Å². The Kier molecular flexibility index (Phi) is 6.88. The molecule has 0 aliphatic carbocycles. The van der Waals surface area contributed by atoms with Crippen LogP contribution in [0.1, 0.15) is 25.8 Å². The van der Waals surface area contributed by atoms with Crippen molar-refractivity contribution in [2.45, 2.75) is 32.7 Å². The third kappa shape index (κ3) is 5.95. The molecule has 1 N–H and O–H groups in total. The molecule has 1 amide bonds. The van der Waals surface area contributed by atoms with Crippen molar-refractivity contribution in [1.82, 2.24) is 5.32 Å². The molecule has 0 spiro atoms. The van der Waals surface area contributed by atoms with Crippen molar-refractivity contribution in [2.75, 3.05) is 6.61 Å². The first kappa shape index (κ1) is 17.2. The Hall–Kier alpha value is -1.88. The molecule has 1 unspecified atom stereocenters. The summed E-state index contributed by atoms with van der Waals surface area (Å²) in [6, 6.07) is 5.88. The van der Waals surface area contributed by atoms with Gasteiger partial charge >= 0.3 is 5.97 Å². The first-order valence-electron chi connectivity index (χ1n) is 6.65. The molecule has 0 fully saturated rings. The van der Waals surface area contributed by atoms with Gasteiger partial charge in [-0.2, -0.15) is 0 Å². The number of halogens is 1. The second kappa shape index (κ2) is 8.42. The van der Waals surface area contributed by atoms with Crippen LogP contribution in [-0.2, 0) is 25.5 Å². The van der Waals surface area contributed by atoms with Gasteiger partial charge in [0.2, 0.25) is 5.91 Å². The SMILES string of the molecule is CCOC(=O)C(NC(C)=O)C(=O)CCc1cccc(Cl)c1. The number of amides is 1. The maximum absolute atomic E-state index is 12.1. The number of esters is 1. The van der Waals surface area contributed by atoms with Gasteiger partial charge in [-0.15, -0.1) is 0 Å². The number of benzene rings is 1. The molecule has 0 heterocycles. The topological polar surface area (TPSA) is 72.5 Å². The number of nitrogens with one attached hydrogen (secondary N) is 1. The Bertz CT molecular complexity index is 530. The van der Waals surface area contributed by atoms with Gasteiger partial charge in [-0.3, -0.25) is 9.59 Å².